The Kier molecular flexibility index (Phi) is 4.34. The molecule has 1 N–H and O–H groups in total. The number of rotatable bonds is 5. The number of nitro benzene ring substituents is 1. The second kappa shape index (κ2) is 6.18. The van der Waals surface area contributed by atoms with Crippen LogP contribution in [0.25, 0.3) is 0 Å². The number of carbonyl (C=O) groups is 1. The van der Waals surface area contributed by atoms with E-state index in [2.05, 4.69) is 11.4 Å². The van der Waals surface area contributed by atoms with Gasteiger partial charge in [0.1, 0.15) is 5.75 Å². The predicted octanol–water partition coefficient (Wildman–Crippen LogP) is 2.90. The monoisotopic (exact) mass is 276 g/mol. The highest BCUT2D eigenvalue weighted by atomic mass is 16.6. The van der Waals surface area contributed by atoms with Crippen LogP contribution < -0.4 is 10.1 Å². The first-order chi connectivity index (χ1) is 9.60. The van der Waals surface area contributed by atoms with Crippen LogP contribution in [0.15, 0.2) is 30.4 Å². The Morgan fingerprint density at radius 3 is 2.95 bits per heavy atom. The molecule has 0 fully saturated rings. The first kappa shape index (κ1) is 14.0. The van der Waals surface area contributed by atoms with Crippen molar-refractivity contribution in [2.24, 2.45) is 5.92 Å². The molecular formula is C14H16N2O4. The summed E-state index contributed by atoms with van der Waals surface area (Å²) in [4.78, 5) is 22.2. The van der Waals surface area contributed by atoms with E-state index >= 15 is 0 Å². The molecule has 1 aliphatic rings. The number of amides is 1. The van der Waals surface area contributed by atoms with E-state index in [4.69, 9.17) is 4.74 Å². The molecule has 1 aromatic rings. The standard InChI is InChI=1S/C14H16N2O4/c1-20-13-7-6-11(16(18)19)9-12(13)15-14(17)8-10-4-2-3-5-10/h2,4,6-7,9-10H,3,5,8H2,1H3,(H,15,17). The third kappa shape index (κ3) is 3.34. The molecule has 0 spiro atoms. The van der Waals surface area contributed by atoms with Crippen molar-refractivity contribution < 1.29 is 14.5 Å². The molecule has 0 bridgehead atoms. The molecular weight excluding hydrogens is 260 g/mol. The molecule has 6 nitrogen and oxygen atoms in total. The van der Waals surface area contributed by atoms with Gasteiger partial charge in [0, 0.05) is 18.6 Å². The maximum Gasteiger partial charge on any atom is 0.271 e. The number of nitrogens with zero attached hydrogens (tertiary/aromatic N) is 1. The van der Waals surface area contributed by atoms with Crippen molar-refractivity contribution >= 4 is 17.3 Å². The van der Waals surface area contributed by atoms with Crippen molar-refractivity contribution in [2.75, 3.05) is 12.4 Å². The van der Waals surface area contributed by atoms with Gasteiger partial charge in [-0.3, -0.25) is 14.9 Å². The highest BCUT2D eigenvalue weighted by molar-refractivity contribution is 5.93. The van der Waals surface area contributed by atoms with Crippen molar-refractivity contribution in [1.82, 2.24) is 0 Å². The van der Waals surface area contributed by atoms with E-state index in [1.54, 1.807) is 0 Å². The van der Waals surface area contributed by atoms with E-state index in [1.807, 2.05) is 6.08 Å². The van der Waals surface area contributed by atoms with Gasteiger partial charge in [-0.15, -0.1) is 0 Å². The van der Waals surface area contributed by atoms with Crippen LogP contribution >= 0.6 is 0 Å². The summed E-state index contributed by atoms with van der Waals surface area (Å²) in [5.74, 6) is 0.492. The predicted molar refractivity (Wildman–Crippen MR) is 74.8 cm³/mol. The van der Waals surface area contributed by atoms with Crippen molar-refractivity contribution in [2.45, 2.75) is 19.3 Å². The molecule has 2 rings (SSSR count). The maximum atomic E-state index is 11.9. The highest BCUT2D eigenvalue weighted by Crippen LogP contribution is 2.29. The minimum absolute atomic E-state index is 0.0816. The quantitative estimate of drug-likeness (QED) is 0.509. The Bertz CT molecular complexity index is 554. The van der Waals surface area contributed by atoms with Crippen LogP contribution in [-0.2, 0) is 4.79 Å². The number of allylic oxidation sites excluding steroid dienone is 2. The van der Waals surface area contributed by atoms with Gasteiger partial charge in [0.2, 0.25) is 5.91 Å². The molecule has 0 heterocycles. The molecule has 20 heavy (non-hydrogen) atoms. The summed E-state index contributed by atoms with van der Waals surface area (Å²) in [5.41, 5.74) is 0.246. The van der Waals surface area contributed by atoms with Crippen molar-refractivity contribution in [3.63, 3.8) is 0 Å². The normalized spacial score (nSPS) is 16.9. The van der Waals surface area contributed by atoms with E-state index in [9.17, 15) is 14.9 Å². The average molecular weight is 276 g/mol. The van der Waals surface area contributed by atoms with Crippen LogP contribution in [0.1, 0.15) is 19.3 Å². The third-order valence-corrected chi connectivity index (χ3v) is 3.23. The van der Waals surface area contributed by atoms with Gasteiger partial charge in [0.15, 0.2) is 0 Å². The zero-order valence-corrected chi connectivity index (χ0v) is 11.2. The number of nitro groups is 1. The van der Waals surface area contributed by atoms with Gasteiger partial charge in [-0.05, 0) is 24.8 Å². The summed E-state index contributed by atoms with van der Waals surface area (Å²) in [6, 6.07) is 4.12. The zero-order chi connectivity index (χ0) is 14.5. The third-order valence-electron chi connectivity index (χ3n) is 3.23. The molecule has 1 aromatic carbocycles. The summed E-state index contributed by atoms with van der Waals surface area (Å²) in [5, 5.41) is 13.4. The molecule has 0 saturated carbocycles. The van der Waals surface area contributed by atoms with Gasteiger partial charge in [-0.1, -0.05) is 12.2 Å². The minimum Gasteiger partial charge on any atom is -0.495 e. The number of hydrogen-bond donors (Lipinski definition) is 1. The summed E-state index contributed by atoms with van der Waals surface area (Å²) in [7, 11) is 1.45. The summed E-state index contributed by atoms with van der Waals surface area (Å²) < 4.78 is 5.10. The SMILES string of the molecule is COc1ccc([N+](=O)[O-])cc1NC(=O)CC1C=CCC1. The van der Waals surface area contributed by atoms with Gasteiger partial charge in [-0.25, -0.2) is 0 Å². The fourth-order valence-corrected chi connectivity index (χ4v) is 2.21. The topological polar surface area (TPSA) is 81.5 Å². The Morgan fingerprint density at radius 1 is 1.55 bits per heavy atom. The van der Waals surface area contributed by atoms with Crippen LogP contribution in [0.2, 0.25) is 0 Å². The number of methoxy groups -OCH3 is 1. The molecule has 0 aromatic heterocycles. The number of ether oxygens (including phenoxy) is 1. The van der Waals surface area contributed by atoms with Gasteiger partial charge < -0.3 is 10.1 Å². The molecule has 1 atom stereocenters. The van der Waals surface area contributed by atoms with Crippen LogP contribution in [0.3, 0.4) is 0 Å². The van der Waals surface area contributed by atoms with E-state index in [0.717, 1.165) is 12.8 Å². The molecule has 0 saturated heterocycles. The van der Waals surface area contributed by atoms with Gasteiger partial charge in [-0.2, -0.15) is 0 Å². The van der Waals surface area contributed by atoms with Crippen LogP contribution in [0.4, 0.5) is 11.4 Å². The Balaban J connectivity index is 2.09. The number of carbonyl (C=O) groups excluding carboxylic acids is 1. The van der Waals surface area contributed by atoms with Gasteiger partial charge >= 0.3 is 0 Å². The molecule has 1 unspecified atom stereocenters. The van der Waals surface area contributed by atoms with E-state index in [-0.39, 0.29) is 17.5 Å². The fraction of sp³-hybridized carbons (Fsp3) is 0.357. The number of non-ortho nitro benzene ring substituents is 1. The molecule has 1 amide bonds. The van der Waals surface area contributed by atoms with E-state index in [0.29, 0.717) is 17.9 Å². The Morgan fingerprint density at radius 2 is 2.35 bits per heavy atom. The lowest BCUT2D eigenvalue weighted by molar-refractivity contribution is -0.384. The molecule has 0 radical (unpaired) electrons. The lowest BCUT2D eigenvalue weighted by atomic mass is 10.0. The smallest absolute Gasteiger partial charge is 0.271 e. The second-order valence-electron chi connectivity index (χ2n) is 4.66. The largest absolute Gasteiger partial charge is 0.495 e. The number of anilines is 1. The van der Waals surface area contributed by atoms with Gasteiger partial charge in [0.25, 0.3) is 5.69 Å². The summed E-state index contributed by atoms with van der Waals surface area (Å²) in [6.07, 6.45) is 6.44. The first-order valence-electron chi connectivity index (χ1n) is 6.39. The molecule has 6 heteroatoms. The van der Waals surface area contributed by atoms with Crippen molar-refractivity contribution in [3.8, 4) is 5.75 Å². The lowest BCUT2D eigenvalue weighted by Crippen LogP contribution is -2.15. The molecule has 106 valence electrons. The number of benzene rings is 1. The maximum absolute atomic E-state index is 11.9. The van der Waals surface area contributed by atoms with E-state index < -0.39 is 4.92 Å². The van der Waals surface area contributed by atoms with E-state index in [1.165, 1.54) is 25.3 Å². The zero-order valence-electron chi connectivity index (χ0n) is 11.2. The lowest BCUT2D eigenvalue weighted by Gasteiger charge is -2.11. The summed E-state index contributed by atoms with van der Waals surface area (Å²) >= 11 is 0. The Labute approximate surface area is 116 Å². The number of hydrogen-bond acceptors (Lipinski definition) is 4. The fourth-order valence-electron chi connectivity index (χ4n) is 2.21. The van der Waals surface area contributed by atoms with Crippen LogP contribution in [0, 0.1) is 16.0 Å². The number of nitrogens with one attached hydrogen (secondary N) is 1. The highest BCUT2D eigenvalue weighted by Gasteiger charge is 2.17. The first-order valence-corrected chi connectivity index (χ1v) is 6.39. The van der Waals surface area contributed by atoms with Crippen LogP contribution in [0.5, 0.6) is 5.75 Å². The molecule has 0 aliphatic heterocycles. The van der Waals surface area contributed by atoms with Crippen molar-refractivity contribution in [1.29, 1.82) is 0 Å². The Hall–Kier alpha value is -2.37. The van der Waals surface area contributed by atoms with Gasteiger partial charge in [0.05, 0.1) is 17.7 Å². The van der Waals surface area contributed by atoms with Crippen LogP contribution in [-0.4, -0.2) is 17.9 Å². The minimum atomic E-state index is -0.505. The molecule has 1 aliphatic carbocycles. The van der Waals surface area contributed by atoms with Crippen molar-refractivity contribution in [3.05, 3.63) is 40.5 Å². The summed E-state index contributed by atoms with van der Waals surface area (Å²) in [6.45, 7) is 0. The second-order valence-corrected chi connectivity index (χ2v) is 4.66. The average Bonchev–Trinajstić information content (AvgIpc) is 2.91.